The SMILES string of the molecule is CC(C)(C)OC(=O)N[C@H]1CCCCCCC/C=C\[C@H]2C[C@@]2(C(=O)O)NC(=O)[C@@H]2C[C@@H](OC(=O)N3Cc4ccccc4C(C)(C)C3)CN2C1=O. The molecule has 1 aliphatic carbocycles. The third-order valence-electron chi connectivity index (χ3n) is 10.0. The number of nitrogens with one attached hydrogen (secondary N) is 2. The van der Waals surface area contributed by atoms with Crippen molar-refractivity contribution in [3.8, 4) is 0 Å². The summed E-state index contributed by atoms with van der Waals surface area (Å²) in [4.78, 5) is 70.2. The third kappa shape index (κ3) is 8.56. The van der Waals surface area contributed by atoms with Crippen LogP contribution in [0.3, 0.4) is 0 Å². The van der Waals surface area contributed by atoms with Crippen LogP contribution in [0.4, 0.5) is 9.59 Å². The molecule has 1 saturated heterocycles. The molecule has 0 radical (unpaired) electrons. The first-order chi connectivity index (χ1) is 23.1. The number of aliphatic carboxylic acids is 1. The van der Waals surface area contributed by atoms with Crippen molar-refractivity contribution in [1.82, 2.24) is 20.4 Å². The highest BCUT2D eigenvalue weighted by Gasteiger charge is 2.61. The molecule has 3 heterocycles. The van der Waals surface area contributed by atoms with Gasteiger partial charge >= 0.3 is 18.2 Å². The van der Waals surface area contributed by atoms with Crippen LogP contribution in [0.1, 0.15) is 104 Å². The number of rotatable bonds is 3. The summed E-state index contributed by atoms with van der Waals surface area (Å²) in [6.07, 6.45) is 7.53. The van der Waals surface area contributed by atoms with E-state index in [0.29, 0.717) is 25.9 Å². The molecule has 5 rings (SSSR count). The average molecular weight is 681 g/mol. The van der Waals surface area contributed by atoms with Crippen molar-refractivity contribution in [2.24, 2.45) is 5.92 Å². The fourth-order valence-corrected chi connectivity index (χ4v) is 7.44. The summed E-state index contributed by atoms with van der Waals surface area (Å²) in [7, 11) is 0. The van der Waals surface area contributed by atoms with Gasteiger partial charge in [-0.15, -0.1) is 0 Å². The van der Waals surface area contributed by atoms with Gasteiger partial charge in [0.1, 0.15) is 29.3 Å². The molecule has 1 aromatic rings. The van der Waals surface area contributed by atoms with Crippen LogP contribution < -0.4 is 10.6 Å². The summed E-state index contributed by atoms with van der Waals surface area (Å²) < 4.78 is 11.5. The van der Waals surface area contributed by atoms with Gasteiger partial charge in [-0.25, -0.2) is 14.4 Å². The number of nitrogens with zero attached hydrogens (tertiary/aromatic N) is 2. The van der Waals surface area contributed by atoms with Crippen LogP contribution in [0.2, 0.25) is 0 Å². The molecule has 4 aliphatic rings. The van der Waals surface area contributed by atoms with Gasteiger partial charge in [-0.3, -0.25) is 9.59 Å². The van der Waals surface area contributed by atoms with Gasteiger partial charge in [0.15, 0.2) is 0 Å². The van der Waals surface area contributed by atoms with E-state index in [4.69, 9.17) is 9.47 Å². The first-order valence-electron chi connectivity index (χ1n) is 17.7. The summed E-state index contributed by atoms with van der Waals surface area (Å²) >= 11 is 0. The van der Waals surface area contributed by atoms with Crippen LogP contribution in [0.5, 0.6) is 0 Å². The van der Waals surface area contributed by atoms with E-state index in [1.54, 1.807) is 25.7 Å². The van der Waals surface area contributed by atoms with Gasteiger partial charge in [-0.1, -0.05) is 75.9 Å². The summed E-state index contributed by atoms with van der Waals surface area (Å²) in [6, 6.07) is 5.89. The van der Waals surface area contributed by atoms with Crippen molar-refractivity contribution >= 4 is 30.0 Å². The number of ether oxygens (including phenoxy) is 2. The Morgan fingerprint density at radius 2 is 1.76 bits per heavy atom. The van der Waals surface area contributed by atoms with Gasteiger partial charge in [-0.05, 0) is 57.6 Å². The Labute approximate surface area is 288 Å². The van der Waals surface area contributed by atoms with Gasteiger partial charge in [0, 0.05) is 30.8 Å². The quantitative estimate of drug-likeness (QED) is 0.376. The van der Waals surface area contributed by atoms with Crippen LogP contribution in [-0.2, 0) is 35.8 Å². The Bertz CT molecular complexity index is 1470. The molecular weight excluding hydrogens is 628 g/mol. The van der Waals surface area contributed by atoms with Crippen LogP contribution in [0.15, 0.2) is 36.4 Å². The first kappa shape index (κ1) is 36.2. The number of carbonyl (C=O) groups is 5. The molecule has 1 saturated carbocycles. The number of carbonyl (C=O) groups excluding carboxylic acids is 4. The number of hydrogen-bond acceptors (Lipinski definition) is 7. The summed E-state index contributed by atoms with van der Waals surface area (Å²) in [5.74, 6) is -2.63. The molecule has 3 N–H and O–H groups in total. The predicted molar refractivity (Wildman–Crippen MR) is 181 cm³/mol. The van der Waals surface area contributed by atoms with E-state index in [1.807, 2.05) is 30.4 Å². The monoisotopic (exact) mass is 680 g/mol. The van der Waals surface area contributed by atoms with Gasteiger partial charge < -0.3 is 35.0 Å². The highest BCUT2D eigenvalue weighted by molar-refractivity contribution is 5.96. The predicted octanol–water partition coefficient (Wildman–Crippen LogP) is 5.04. The molecule has 2 fully saturated rings. The lowest BCUT2D eigenvalue weighted by molar-refractivity contribution is -0.145. The standard InChI is InChI=1S/C37H52N4O8/c1-35(2,3)49-33(46)38-28-18-12-10-8-6-7-9-11-16-25-20-37(25,32(44)45)39-30(42)29-19-26(22-41(29)31(28)43)48-34(47)40-21-24-15-13-14-17-27(24)36(4,5)23-40/h11,13-17,25-26,28-29H,6-10,12,18-23H2,1-5H3,(H,38,46)(H,39,42)(H,44,45)/b16-11-/t25-,26+,28-,29-,37+/m0/s1. The maximum absolute atomic E-state index is 14.3. The zero-order valence-corrected chi connectivity index (χ0v) is 29.5. The molecule has 3 aliphatic heterocycles. The van der Waals surface area contributed by atoms with Crippen molar-refractivity contribution in [2.75, 3.05) is 13.1 Å². The molecule has 0 bridgehead atoms. The summed E-state index contributed by atoms with van der Waals surface area (Å²) in [6.45, 7) is 10.1. The highest BCUT2D eigenvalue weighted by Crippen LogP contribution is 2.45. The number of benzene rings is 1. The Morgan fingerprint density at radius 1 is 1.04 bits per heavy atom. The minimum atomic E-state index is -1.47. The molecule has 49 heavy (non-hydrogen) atoms. The van der Waals surface area contributed by atoms with Gasteiger partial charge in [0.2, 0.25) is 11.8 Å². The van der Waals surface area contributed by atoms with Gasteiger partial charge in [-0.2, -0.15) is 0 Å². The van der Waals surface area contributed by atoms with Crippen LogP contribution in [-0.4, -0.2) is 87.3 Å². The number of amides is 4. The van der Waals surface area contributed by atoms with Crippen molar-refractivity contribution in [2.45, 2.75) is 134 Å². The fraction of sp³-hybridized carbons (Fsp3) is 0.649. The first-order valence-corrected chi connectivity index (χ1v) is 17.7. The van der Waals surface area contributed by atoms with E-state index in [0.717, 1.165) is 37.7 Å². The molecule has 12 nitrogen and oxygen atoms in total. The largest absolute Gasteiger partial charge is 0.479 e. The molecular formula is C37H52N4O8. The molecule has 12 heteroatoms. The van der Waals surface area contributed by atoms with Crippen molar-refractivity contribution in [3.05, 3.63) is 47.5 Å². The molecule has 5 atom stereocenters. The zero-order chi connectivity index (χ0) is 35.6. The van der Waals surface area contributed by atoms with Crippen LogP contribution >= 0.6 is 0 Å². The Balaban J connectivity index is 1.39. The number of carboxylic acids is 1. The number of fused-ring (bicyclic) bond motifs is 3. The lowest BCUT2D eigenvalue weighted by Crippen LogP contribution is -2.56. The van der Waals surface area contributed by atoms with E-state index in [1.165, 1.54) is 10.5 Å². The van der Waals surface area contributed by atoms with Crippen molar-refractivity contribution < 1.29 is 38.6 Å². The van der Waals surface area contributed by atoms with E-state index < -0.39 is 59.3 Å². The van der Waals surface area contributed by atoms with Crippen molar-refractivity contribution in [1.29, 1.82) is 0 Å². The smallest absolute Gasteiger partial charge is 0.410 e. The zero-order valence-electron chi connectivity index (χ0n) is 29.5. The van der Waals surface area contributed by atoms with E-state index in [9.17, 15) is 29.1 Å². The Kier molecular flexibility index (Phi) is 10.6. The second-order valence-corrected chi connectivity index (χ2v) is 15.7. The van der Waals surface area contributed by atoms with Gasteiger partial charge in [0.05, 0.1) is 6.54 Å². The second-order valence-electron chi connectivity index (χ2n) is 15.7. The third-order valence-corrected chi connectivity index (χ3v) is 10.0. The Hall–Kier alpha value is -4.09. The van der Waals surface area contributed by atoms with E-state index in [2.05, 4.69) is 30.5 Å². The number of hydrogen-bond donors (Lipinski definition) is 3. The highest BCUT2D eigenvalue weighted by atomic mass is 16.6. The molecule has 0 spiro atoms. The summed E-state index contributed by atoms with van der Waals surface area (Å²) in [5, 5.41) is 15.7. The number of allylic oxidation sites excluding steroid dienone is 1. The molecule has 0 aromatic heterocycles. The van der Waals surface area contributed by atoms with Crippen LogP contribution in [0, 0.1) is 5.92 Å². The maximum atomic E-state index is 14.3. The summed E-state index contributed by atoms with van der Waals surface area (Å²) in [5.41, 5.74) is -0.369. The normalized spacial score (nSPS) is 29.7. The average Bonchev–Trinajstić information content (AvgIpc) is 3.55. The lowest BCUT2D eigenvalue weighted by atomic mass is 9.78. The lowest BCUT2D eigenvalue weighted by Gasteiger charge is -2.39. The molecule has 268 valence electrons. The van der Waals surface area contributed by atoms with E-state index in [-0.39, 0.29) is 30.7 Å². The van der Waals surface area contributed by atoms with Crippen molar-refractivity contribution in [3.63, 3.8) is 0 Å². The Morgan fingerprint density at radius 3 is 2.49 bits per heavy atom. The van der Waals surface area contributed by atoms with Gasteiger partial charge in [0.25, 0.3) is 0 Å². The topological polar surface area (TPSA) is 155 Å². The minimum Gasteiger partial charge on any atom is -0.479 e. The maximum Gasteiger partial charge on any atom is 0.410 e. The molecule has 1 aromatic carbocycles. The van der Waals surface area contributed by atoms with E-state index >= 15 is 0 Å². The van der Waals surface area contributed by atoms with Crippen LogP contribution in [0.25, 0.3) is 0 Å². The fourth-order valence-electron chi connectivity index (χ4n) is 7.44. The molecule has 0 unspecified atom stereocenters. The minimum absolute atomic E-state index is 0.00744. The number of alkyl carbamates (subject to hydrolysis) is 1. The molecule has 4 amide bonds. The number of carboxylic acid groups (broad SMARTS) is 1. The second kappa shape index (κ2) is 14.4.